The summed E-state index contributed by atoms with van der Waals surface area (Å²) in [6.07, 6.45) is 2.59. The molecular weight excluding hydrogens is 272 g/mol. The molecule has 2 rings (SSSR count). The van der Waals surface area contributed by atoms with Gasteiger partial charge >= 0.3 is 6.09 Å². The van der Waals surface area contributed by atoms with Crippen molar-refractivity contribution in [3.63, 3.8) is 0 Å². The molecule has 0 unspecified atom stereocenters. The Kier molecular flexibility index (Phi) is 4.36. The summed E-state index contributed by atoms with van der Waals surface area (Å²) in [4.78, 5) is 17.7. The topological polar surface area (TPSA) is 91.4 Å². The third-order valence-corrected chi connectivity index (χ3v) is 3.09. The monoisotopic (exact) mass is 292 g/mol. The average Bonchev–Trinajstić information content (AvgIpc) is 2.86. The molecule has 114 valence electrons. The zero-order valence-electron chi connectivity index (χ0n) is 12.5. The van der Waals surface area contributed by atoms with Gasteiger partial charge in [-0.1, -0.05) is 0 Å². The zero-order valence-corrected chi connectivity index (χ0v) is 12.5. The van der Waals surface area contributed by atoms with Crippen LogP contribution in [0.1, 0.15) is 39.4 Å². The molecule has 2 heterocycles. The first-order valence-electron chi connectivity index (χ1n) is 6.98. The van der Waals surface area contributed by atoms with E-state index in [1.165, 1.54) is 6.20 Å². The molecule has 1 aliphatic heterocycles. The number of nitrogens with zero attached hydrogens (tertiary/aromatic N) is 3. The lowest BCUT2D eigenvalue weighted by atomic mass is 10.1. The minimum absolute atomic E-state index is 0.0847. The first-order chi connectivity index (χ1) is 9.87. The maximum Gasteiger partial charge on any atom is 0.407 e. The Hall–Kier alpha value is -2.23. The third kappa shape index (κ3) is 4.38. The molecule has 7 heteroatoms. The van der Waals surface area contributed by atoms with E-state index in [0.29, 0.717) is 19.1 Å². The molecule has 7 nitrogen and oxygen atoms in total. The Morgan fingerprint density at radius 3 is 2.71 bits per heavy atom. The second-order valence-corrected chi connectivity index (χ2v) is 6.03. The molecule has 0 aliphatic carbocycles. The Balaban J connectivity index is 1.81. The number of rotatable bonds is 2. The highest BCUT2D eigenvalue weighted by molar-refractivity contribution is 5.68. The van der Waals surface area contributed by atoms with Gasteiger partial charge in [-0.25, -0.2) is 9.78 Å². The van der Waals surface area contributed by atoms with Crippen molar-refractivity contribution in [1.82, 2.24) is 10.3 Å². The molecule has 0 aromatic carbocycles. The van der Waals surface area contributed by atoms with E-state index in [0.717, 1.165) is 12.8 Å². The maximum atomic E-state index is 11.7. The van der Waals surface area contributed by atoms with Gasteiger partial charge in [0.2, 0.25) is 5.76 Å². The lowest BCUT2D eigenvalue weighted by molar-refractivity contribution is 0.0497. The van der Waals surface area contributed by atoms with Crippen LogP contribution in [0.4, 0.5) is 10.8 Å². The number of carbonyl (C=O) groups excluding carboxylic acids is 1. The molecule has 21 heavy (non-hydrogen) atoms. The largest absolute Gasteiger partial charge is 0.444 e. The molecule has 1 aromatic rings. The van der Waals surface area contributed by atoms with Crippen LogP contribution in [0.25, 0.3) is 0 Å². The predicted molar refractivity (Wildman–Crippen MR) is 75.8 cm³/mol. The number of anilines is 1. The highest BCUT2D eigenvalue weighted by Gasteiger charge is 2.25. The number of carbonyl (C=O) groups is 1. The fourth-order valence-corrected chi connectivity index (χ4v) is 2.15. The Morgan fingerprint density at radius 2 is 2.19 bits per heavy atom. The number of amides is 1. The van der Waals surface area contributed by atoms with Gasteiger partial charge in [0.05, 0.1) is 6.20 Å². The van der Waals surface area contributed by atoms with Crippen LogP contribution in [0, 0.1) is 11.3 Å². The summed E-state index contributed by atoms with van der Waals surface area (Å²) in [6, 6.07) is 2.46. The molecule has 0 bridgehead atoms. The number of ether oxygens (including phenoxy) is 1. The zero-order chi connectivity index (χ0) is 15.5. The molecule has 1 amide bonds. The van der Waals surface area contributed by atoms with E-state index < -0.39 is 5.60 Å². The number of oxazole rings is 1. The molecular formula is C14H20N4O3. The van der Waals surface area contributed by atoms with E-state index in [1.807, 2.05) is 31.7 Å². The van der Waals surface area contributed by atoms with E-state index in [-0.39, 0.29) is 17.9 Å². The first-order valence-corrected chi connectivity index (χ1v) is 6.98. The highest BCUT2D eigenvalue weighted by Crippen LogP contribution is 2.20. The second-order valence-electron chi connectivity index (χ2n) is 6.03. The van der Waals surface area contributed by atoms with E-state index in [2.05, 4.69) is 10.3 Å². The van der Waals surface area contributed by atoms with Gasteiger partial charge in [-0.05, 0) is 33.6 Å². The summed E-state index contributed by atoms with van der Waals surface area (Å²) in [5.41, 5.74) is -0.490. The Labute approximate surface area is 123 Å². The van der Waals surface area contributed by atoms with Crippen molar-refractivity contribution >= 4 is 12.1 Å². The van der Waals surface area contributed by atoms with Crippen molar-refractivity contribution in [2.75, 3.05) is 18.0 Å². The smallest absolute Gasteiger partial charge is 0.407 e. The van der Waals surface area contributed by atoms with E-state index in [4.69, 9.17) is 14.4 Å². The fraction of sp³-hybridized carbons (Fsp3) is 0.643. The summed E-state index contributed by atoms with van der Waals surface area (Å²) < 4.78 is 10.5. The molecule has 1 N–H and O–H groups in total. The Bertz CT molecular complexity index is 533. The van der Waals surface area contributed by atoms with Crippen LogP contribution < -0.4 is 10.2 Å². The second kappa shape index (κ2) is 6.04. The van der Waals surface area contributed by atoms with Gasteiger partial charge in [-0.15, -0.1) is 0 Å². The molecule has 0 atom stereocenters. The normalized spacial score (nSPS) is 16.4. The van der Waals surface area contributed by atoms with E-state index in [9.17, 15) is 4.79 Å². The van der Waals surface area contributed by atoms with Crippen molar-refractivity contribution in [3.05, 3.63) is 12.0 Å². The van der Waals surface area contributed by atoms with Crippen LogP contribution in [0.2, 0.25) is 0 Å². The average molecular weight is 292 g/mol. The fourth-order valence-electron chi connectivity index (χ4n) is 2.15. The van der Waals surface area contributed by atoms with Gasteiger partial charge in [0.25, 0.3) is 6.01 Å². The standard InChI is InChI=1S/C14H20N4O3/c1-14(2,3)21-13(19)17-10-4-6-18(7-5-10)12-16-9-11(8-15)20-12/h9-10H,4-7H2,1-3H3,(H,17,19). The summed E-state index contributed by atoms with van der Waals surface area (Å²) in [6.45, 7) is 6.94. The van der Waals surface area contributed by atoms with Gasteiger partial charge in [-0.2, -0.15) is 5.26 Å². The van der Waals surface area contributed by atoms with Gasteiger partial charge in [0.15, 0.2) is 0 Å². The van der Waals surface area contributed by atoms with Crippen LogP contribution in [0.5, 0.6) is 0 Å². The van der Waals surface area contributed by atoms with Crippen molar-refractivity contribution < 1.29 is 13.9 Å². The van der Waals surface area contributed by atoms with Crippen LogP contribution in [0.15, 0.2) is 10.6 Å². The van der Waals surface area contributed by atoms with E-state index >= 15 is 0 Å². The molecule has 1 fully saturated rings. The number of nitriles is 1. The van der Waals surface area contributed by atoms with Crippen LogP contribution >= 0.6 is 0 Å². The summed E-state index contributed by atoms with van der Waals surface area (Å²) in [5.74, 6) is 0.207. The predicted octanol–water partition coefficient (Wildman–Crippen LogP) is 2.04. The lowest BCUT2D eigenvalue weighted by Gasteiger charge is -2.31. The number of piperidine rings is 1. The van der Waals surface area contributed by atoms with Crippen LogP contribution in [0.3, 0.4) is 0 Å². The third-order valence-electron chi connectivity index (χ3n) is 3.09. The first kappa shape index (κ1) is 15.2. The van der Waals surface area contributed by atoms with Crippen LogP contribution in [-0.2, 0) is 4.74 Å². The SMILES string of the molecule is CC(C)(C)OC(=O)NC1CCN(c2ncc(C#N)o2)CC1. The summed E-state index contributed by atoms with van der Waals surface area (Å²) in [7, 11) is 0. The molecule has 1 aromatic heterocycles. The Morgan fingerprint density at radius 1 is 1.52 bits per heavy atom. The van der Waals surface area contributed by atoms with Crippen molar-refractivity contribution in [1.29, 1.82) is 5.26 Å². The van der Waals surface area contributed by atoms with Gasteiger partial charge in [0, 0.05) is 19.1 Å². The molecule has 1 aliphatic rings. The van der Waals surface area contributed by atoms with E-state index in [1.54, 1.807) is 0 Å². The number of hydrogen-bond acceptors (Lipinski definition) is 6. The van der Waals surface area contributed by atoms with Crippen molar-refractivity contribution in [2.45, 2.75) is 45.3 Å². The summed E-state index contributed by atoms with van der Waals surface area (Å²) in [5, 5.41) is 11.6. The van der Waals surface area contributed by atoms with Crippen molar-refractivity contribution in [3.8, 4) is 6.07 Å². The molecule has 0 radical (unpaired) electrons. The minimum atomic E-state index is -0.490. The van der Waals surface area contributed by atoms with Gasteiger partial charge in [-0.3, -0.25) is 0 Å². The van der Waals surface area contributed by atoms with Gasteiger partial charge < -0.3 is 19.4 Å². The quantitative estimate of drug-likeness (QED) is 0.896. The number of aromatic nitrogens is 1. The number of nitrogens with one attached hydrogen (secondary N) is 1. The summed E-state index contributed by atoms with van der Waals surface area (Å²) >= 11 is 0. The lowest BCUT2D eigenvalue weighted by Crippen LogP contribution is -2.46. The minimum Gasteiger partial charge on any atom is -0.444 e. The van der Waals surface area contributed by atoms with Gasteiger partial charge in [0.1, 0.15) is 11.7 Å². The number of hydrogen-bond donors (Lipinski definition) is 1. The van der Waals surface area contributed by atoms with Crippen molar-refractivity contribution in [2.24, 2.45) is 0 Å². The maximum absolute atomic E-state index is 11.7. The number of alkyl carbamates (subject to hydrolysis) is 1. The highest BCUT2D eigenvalue weighted by atomic mass is 16.6. The molecule has 0 saturated carbocycles. The van der Waals surface area contributed by atoms with Crippen LogP contribution in [-0.4, -0.2) is 35.8 Å². The molecule has 1 saturated heterocycles. The molecule has 0 spiro atoms.